The highest BCUT2D eigenvalue weighted by Crippen LogP contribution is 2.25. The molecular formula is C40H50N6O7. The molecular weight excluding hydrogens is 676 g/mol. The minimum atomic E-state index is -1.50. The number of alkyl carbamates (subject to hydrolysis) is 1. The second-order valence-corrected chi connectivity index (χ2v) is 14.5. The van der Waals surface area contributed by atoms with Gasteiger partial charge in [-0.2, -0.15) is 0 Å². The van der Waals surface area contributed by atoms with Crippen molar-refractivity contribution >= 4 is 41.3 Å². The van der Waals surface area contributed by atoms with Gasteiger partial charge in [0.2, 0.25) is 23.6 Å². The van der Waals surface area contributed by atoms with Crippen molar-refractivity contribution in [1.29, 1.82) is 0 Å². The van der Waals surface area contributed by atoms with Crippen LogP contribution < -0.4 is 26.2 Å². The van der Waals surface area contributed by atoms with Crippen molar-refractivity contribution in [3.63, 3.8) is 0 Å². The van der Waals surface area contributed by atoms with Crippen molar-refractivity contribution in [1.82, 2.24) is 26.2 Å². The van der Waals surface area contributed by atoms with Crippen LogP contribution in [0.3, 0.4) is 0 Å². The smallest absolute Gasteiger partial charge is 0.407 e. The Morgan fingerprint density at radius 1 is 0.755 bits per heavy atom. The molecule has 4 N–H and O–H groups in total. The van der Waals surface area contributed by atoms with E-state index in [1.165, 1.54) is 23.6 Å². The predicted octanol–water partition coefficient (Wildman–Crippen LogP) is 3.47. The molecule has 13 heteroatoms. The normalized spacial score (nSPS) is 15.4. The van der Waals surface area contributed by atoms with Crippen LogP contribution in [0.15, 0.2) is 91.0 Å². The number of nitrogens with zero attached hydrogens (tertiary/aromatic N) is 2. The Balaban J connectivity index is 1.42. The number of nitrogens with one attached hydrogen (secondary N) is 4. The van der Waals surface area contributed by atoms with Gasteiger partial charge in [0, 0.05) is 25.7 Å². The van der Waals surface area contributed by atoms with Gasteiger partial charge in [-0.1, -0.05) is 78.9 Å². The number of carbonyl (C=O) groups excluding carboxylic acids is 6. The van der Waals surface area contributed by atoms with E-state index in [4.69, 9.17) is 4.74 Å². The maximum Gasteiger partial charge on any atom is 0.407 e. The van der Waals surface area contributed by atoms with Crippen molar-refractivity contribution in [2.75, 3.05) is 25.0 Å². The van der Waals surface area contributed by atoms with Crippen LogP contribution in [0, 0.1) is 0 Å². The Morgan fingerprint density at radius 3 is 1.92 bits per heavy atom. The molecule has 0 saturated carbocycles. The van der Waals surface area contributed by atoms with E-state index in [0.29, 0.717) is 18.5 Å². The zero-order chi connectivity index (χ0) is 38.8. The predicted molar refractivity (Wildman–Crippen MR) is 200 cm³/mol. The lowest BCUT2D eigenvalue weighted by Gasteiger charge is -2.37. The second-order valence-electron chi connectivity index (χ2n) is 14.5. The maximum atomic E-state index is 14.4. The first-order chi connectivity index (χ1) is 25.0. The number of rotatable bonds is 14. The molecule has 0 aromatic heterocycles. The number of hydrogen-bond acceptors (Lipinski definition) is 7. The van der Waals surface area contributed by atoms with Gasteiger partial charge < -0.3 is 35.8 Å². The molecule has 53 heavy (non-hydrogen) atoms. The van der Waals surface area contributed by atoms with Crippen LogP contribution in [-0.4, -0.2) is 83.3 Å². The minimum absolute atomic E-state index is 0.0247. The highest BCUT2D eigenvalue weighted by Gasteiger charge is 2.46. The first-order valence-electron chi connectivity index (χ1n) is 17.6. The second kappa shape index (κ2) is 17.2. The van der Waals surface area contributed by atoms with E-state index in [-0.39, 0.29) is 25.5 Å². The third-order valence-corrected chi connectivity index (χ3v) is 9.12. The van der Waals surface area contributed by atoms with Gasteiger partial charge in [-0.15, -0.1) is 0 Å². The number of hydrogen-bond donors (Lipinski definition) is 4. The summed E-state index contributed by atoms with van der Waals surface area (Å²) >= 11 is 0. The Kier molecular flexibility index (Phi) is 13.0. The Morgan fingerprint density at radius 2 is 1.32 bits per heavy atom. The van der Waals surface area contributed by atoms with E-state index < -0.39 is 58.9 Å². The largest absolute Gasteiger partial charge is 0.445 e. The number of ether oxygens (including phenoxy) is 1. The van der Waals surface area contributed by atoms with Crippen LogP contribution in [0.4, 0.5) is 10.5 Å². The van der Waals surface area contributed by atoms with E-state index in [9.17, 15) is 28.8 Å². The van der Waals surface area contributed by atoms with Crippen LogP contribution in [0.25, 0.3) is 0 Å². The molecule has 1 aliphatic heterocycles. The molecule has 6 amide bonds. The lowest BCUT2D eigenvalue weighted by Crippen LogP contribution is -2.65. The molecule has 13 nitrogen and oxygen atoms in total. The SMILES string of the molecule is CN(C(=O)C(C)(C)NC(=O)C(C)(C)NC(=O)[C@@H]1CCCN1C(=O)[C@@](C)(Cc1ccccc1)NC(=O)CNC(=O)OCc1ccccc1)c1ccccc1. The minimum Gasteiger partial charge on any atom is -0.445 e. The first kappa shape index (κ1) is 40.1. The van der Waals surface area contributed by atoms with Crippen LogP contribution in [0.5, 0.6) is 0 Å². The molecule has 1 aliphatic rings. The summed E-state index contributed by atoms with van der Waals surface area (Å²) < 4.78 is 5.20. The maximum absolute atomic E-state index is 14.4. The molecule has 3 aromatic carbocycles. The summed E-state index contributed by atoms with van der Waals surface area (Å²) in [7, 11) is 1.62. The van der Waals surface area contributed by atoms with Gasteiger partial charge in [-0.05, 0) is 70.7 Å². The van der Waals surface area contributed by atoms with Crippen LogP contribution in [-0.2, 0) is 41.7 Å². The molecule has 1 heterocycles. The number of para-hydroxylation sites is 1. The number of amides is 6. The molecule has 1 saturated heterocycles. The zero-order valence-corrected chi connectivity index (χ0v) is 31.2. The standard InChI is InChI=1S/C40H50N6O7/c1-38(2,34(49)44-39(3,4)35(50)45(6)30-21-14-9-15-22-30)43-33(48)31-23-16-24-46(31)36(51)40(5,25-28-17-10-7-11-18-28)42-32(47)26-41-37(52)53-27-29-19-12-8-13-20-29/h7-15,17-22,31H,16,23-27H2,1-6H3,(H,41,52)(H,42,47)(H,43,48)(H,44,49)/t31-,40+/m0/s1. The van der Waals surface area contributed by atoms with Crippen molar-refractivity contribution < 1.29 is 33.5 Å². The fourth-order valence-corrected chi connectivity index (χ4v) is 6.18. The molecule has 0 aliphatic carbocycles. The highest BCUT2D eigenvalue weighted by atomic mass is 16.5. The highest BCUT2D eigenvalue weighted by molar-refractivity contribution is 6.03. The summed E-state index contributed by atoms with van der Waals surface area (Å²) in [6.45, 7) is 7.65. The molecule has 0 bridgehead atoms. The molecule has 1 fully saturated rings. The Labute approximate surface area is 310 Å². The molecule has 4 rings (SSSR count). The number of benzene rings is 3. The lowest BCUT2D eigenvalue weighted by molar-refractivity contribution is -0.146. The third kappa shape index (κ3) is 10.7. The first-order valence-corrected chi connectivity index (χ1v) is 17.6. The zero-order valence-electron chi connectivity index (χ0n) is 31.2. The van der Waals surface area contributed by atoms with Gasteiger partial charge in [-0.3, -0.25) is 24.0 Å². The van der Waals surface area contributed by atoms with Gasteiger partial charge in [0.1, 0.15) is 35.8 Å². The number of likely N-dealkylation sites (tertiary alicyclic amines) is 1. The molecule has 2 atom stereocenters. The van der Waals surface area contributed by atoms with Gasteiger partial charge in [0.05, 0.1) is 0 Å². The molecule has 3 aromatic rings. The van der Waals surface area contributed by atoms with Gasteiger partial charge in [-0.25, -0.2) is 4.79 Å². The van der Waals surface area contributed by atoms with E-state index in [1.54, 1.807) is 52.1 Å². The van der Waals surface area contributed by atoms with Crippen molar-refractivity contribution in [2.24, 2.45) is 0 Å². The fourth-order valence-electron chi connectivity index (χ4n) is 6.18. The van der Waals surface area contributed by atoms with Crippen molar-refractivity contribution in [2.45, 2.75) is 83.1 Å². The number of likely N-dealkylation sites (N-methyl/N-ethyl adjacent to an activating group) is 1. The van der Waals surface area contributed by atoms with E-state index in [2.05, 4.69) is 21.3 Å². The number of anilines is 1. The lowest BCUT2D eigenvalue weighted by atomic mass is 9.90. The summed E-state index contributed by atoms with van der Waals surface area (Å²) in [6.07, 6.45) is 0.175. The number of carbonyl (C=O) groups is 6. The summed E-state index contributed by atoms with van der Waals surface area (Å²) in [5.41, 5.74) is -2.06. The molecule has 0 spiro atoms. The fraction of sp³-hybridized carbons (Fsp3) is 0.400. The molecule has 282 valence electrons. The molecule has 0 unspecified atom stereocenters. The monoisotopic (exact) mass is 726 g/mol. The van der Waals surface area contributed by atoms with Crippen LogP contribution >= 0.6 is 0 Å². The quantitative estimate of drug-likeness (QED) is 0.198. The Hall–Kier alpha value is -5.72. The van der Waals surface area contributed by atoms with Gasteiger partial charge in [0.25, 0.3) is 5.91 Å². The van der Waals surface area contributed by atoms with E-state index in [0.717, 1.165) is 11.1 Å². The van der Waals surface area contributed by atoms with Crippen LogP contribution in [0.2, 0.25) is 0 Å². The van der Waals surface area contributed by atoms with Gasteiger partial charge in [0.15, 0.2) is 0 Å². The summed E-state index contributed by atoms with van der Waals surface area (Å²) in [4.78, 5) is 83.5. The van der Waals surface area contributed by atoms with Crippen LogP contribution in [0.1, 0.15) is 58.6 Å². The summed E-state index contributed by atoms with van der Waals surface area (Å²) in [5.74, 6) is -2.60. The van der Waals surface area contributed by atoms with E-state index >= 15 is 0 Å². The molecule has 0 radical (unpaired) electrons. The third-order valence-electron chi connectivity index (χ3n) is 9.12. The van der Waals surface area contributed by atoms with Gasteiger partial charge >= 0.3 is 6.09 Å². The summed E-state index contributed by atoms with van der Waals surface area (Å²) in [5, 5.41) is 10.8. The average molecular weight is 727 g/mol. The topological polar surface area (TPSA) is 166 Å². The van der Waals surface area contributed by atoms with Crippen molar-refractivity contribution in [3.05, 3.63) is 102 Å². The summed E-state index contributed by atoms with van der Waals surface area (Å²) in [6, 6.07) is 26.3. The average Bonchev–Trinajstić information content (AvgIpc) is 3.63. The van der Waals surface area contributed by atoms with E-state index in [1.807, 2.05) is 66.7 Å². The van der Waals surface area contributed by atoms with Crippen molar-refractivity contribution in [3.8, 4) is 0 Å². The Bertz CT molecular complexity index is 1770.